The maximum absolute atomic E-state index is 10.7. The Balaban J connectivity index is 1.58. The Labute approximate surface area is 141 Å². The Morgan fingerprint density at radius 1 is 1.25 bits per heavy atom. The Bertz CT molecular complexity index is 756. The number of hydrogen-bond acceptors (Lipinski definition) is 3. The highest BCUT2D eigenvalue weighted by Crippen LogP contribution is 2.27. The maximum atomic E-state index is 10.7. The molecule has 1 heterocycles. The van der Waals surface area contributed by atoms with Crippen molar-refractivity contribution in [3.63, 3.8) is 0 Å². The lowest BCUT2D eigenvalue weighted by molar-refractivity contribution is -0.384. The van der Waals surface area contributed by atoms with Crippen molar-refractivity contribution in [2.45, 2.75) is 12.8 Å². The minimum absolute atomic E-state index is 0.121. The van der Waals surface area contributed by atoms with E-state index in [1.807, 2.05) is 6.07 Å². The molecule has 24 heavy (non-hydrogen) atoms. The highest BCUT2D eigenvalue weighted by Gasteiger charge is 2.22. The van der Waals surface area contributed by atoms with Crippen LogP contribution >= 0.6 is 0 Å². The first kappa shape index (κ1) is 16.0. The number of hydrogen-bond donors (Lipinski definition) is 1. The van der Waals surface area contributed by atoms with Crippen LogP contribution in [0.2, 0.25) is 0 Å². The number of benzene rings is 2. The number of fused-ring (bicyclic) bond motifs is 1. The molecule has 0 radical (unpaired) electrons. The Kier molecular flexibility index (Phi) is 4.74. The van der Waals surface area contributed by atoms with Gasteiger partial charge in [-0.3, -0.25) is 15.1 Å². The molecule has 0 atom stereocenters. The predicted octanol–water partition coefficient (Wildman–Crippen LogP) is 2.78. The summed E-state index contributed by atoms with van der Waals surface area (Å²) in [6.45, 7) is 1.65. The Morgan fingerprint density at radius 3 is 2.71 bits per heavy atom. The summed E-state index contributed by atoms with van der Waals surface area (Å²) < 4.78 is 0. The topological polar surface area (TPSA) is 70.8 Å². The van der Waals surface area contributed by atoms with Crippen molar-refractivity contribution in [1.82, 2.24) is 5.32 Å². The summed E-state index contributed by atoms with van der Waals surface area (Å²) >= 11 is 0. The number of para-hydroxylation sites is 1. The van der Waals surface area contributed by atoms with Gasteiger partial charge in [0.05, 0.1) is 4.92 Å². The second-order valence-corrected chi connectivity index (χ2v) is 5.68. The maximum Gasteiger partial charge on any atom is 0.269 e. The third kappa shape index (κ3) is 3.37. The van der Waals surface area contributed by atoms with Gasteiger partial charge in [0.25, 0.3) is 5.69 Å². The van der Waals surface area contributed by atoms with Crippen LogP contribution in [0.4, 0.5) is 11.4 Å². The highest BCUT2D eigenvalue weighted by molar-refractivity contribution is 5.97. The summed E-state index contributed by atoms with van der Waals surface area (Å²) in [6.07, 6.45) is 1.81. The lowest BCUT2D eigenvalue weighted by Crippen LogP contribution is -2.41. The molecule has 0 saturated heterocycles. The van der Waals surface area contributed by atoms with Crippen molar-refractivity contribution in [1.29, 1.82) is 0 Å². The van der Waals surface area contributed by atoms with Gasteiger partial charge in [0.2, 0.25) is 0 Å². The number of nitrogens with zero attached hydrogens (tertiary/aromatic N) is 3. The summed E-state index contributed by atoms with van der Waals surface area (Å²) in [7, 11) is 1.79. The number of anilines is 1. The fraction of sp³-hybridized carbons (Fsp3) is 0.278. The van der Waals surface area contributed by atoms with Crippen LogP contribution in [0.1, 0.15) is 11.1 Å². The molecule has 0 aliphatic carbocycles. The molecule has 0 amide bonds. The number of nitro groups is 1. The monoisotopic (exact) mass is 324 g/mol. The largest absolute Gasteiger partial charge is 0.356 e. The van der Waals surface area contributed by atoms with Crippen LogP contribution in [0, 0.1) is 10.1 Å². The van der Waals surface area contributed by atoms with Gasteiger partial charge in [-0.1, -0.05) is 30.3 Å². The minimum Gasteiger partial charge on any atom is -0.356 e. The molecule has 0 bridgehead atoms. The molecule has 1 aliphatic heterocycles. The molecule has 124 valence electrons. The second-order valence-electron chi connectivity index (χ2n) is 5.68. The summed E-state index contributed by atoms with van der Waals surface area (Å²) in [5, 5.41) is 14.1. The van der Waals surface area contributed by atoms with E-state index in [4.69, 9.17) is 0 Å². The van der Waals surface area contributed by atoms with Gasteiger partial charge in [0.15, 0.2) is 5.96 Å². The van der Waals surface area contributed by atoms with Gasteiger partial charge in [-0.05, 0) is 30.0 Å². The number of guanidine groups is 1. The normalized spacial score (nSPS) is 13.7. The zero-order valence-corrected chi connectivity index (χ0v) is 13.6. The molecule has 2 aromatic carbocycles. The molecule has 2 aromatic rings. The van der Waals surface area contributed by atoms with Crippen molar-refractivity contribution in [2.24, 2.45) is 4.99 Å². The van der Waals surface area contributed by atoms with Crippen LogP contribution in [0.5, 0.6) is 0 Å². The molecular formula is C18H20N4O2. The van der Waals surface area contributed by atoms with E-state index in [1.54, 1.807) is 31.3 Å². The number of rotatable bonds is 4. The standard InChI is InChI=1S/C18H20N4O2/c1-19-18(21-13-11-15-4-2-3-5-17(15)21)20-12-10-14-6-8-16(9-7-14)22(23)24/h2-9H,10-13H2,1H3,(H,19,20). The van der Waals surface area contributed by atoms with Crippen LogP contribution < -0.4 is 10.2 Å². The van der Waals surface area contributed by atoms with E-state index in [-0.39, 0.29) is 10.6 Å². The number of aliphatic imine (C=N–C) groups is 1. The summed E-state index contributed by atoms with van der Waals surface area (Å²) in [5.74, 6) is 0.863. The van der Waals surface area contributed by atoms with Gasteiger partial charge in [-0.15, -0.1) is 0 Å². The molecule has 6 nitrogen and oxygen atoms in total. The van der Waals surface area contributed by atoms with Crippen molar-refractivity contribution in [3.8, 4) is 0 Å². The molecule has 1 aliphatic rings. The van der Waals surface area contributed by atoms with E-state index in [0.29, 0.717) is 0 Å². The number of nitrogens with one attached hydrogen (secondary N) is 1. The molecule has 1 N–H and O–H groups in total. The van der Waals surface area contributed by atoms with Crippen LogP contribution in [0.3, 0.4) is 0 Å². The van der Waals surface area contributed by atoms with E-state index in [2.05, 4.69) is 33.4 Å². The molecule has 6 heteroatoms. The summed E-state index contributed by atoms with van der Waals surface area (Å²) in [4.78, 5) is 16.9. The molecular weight excluding hydrogens is 304 g/mol. The van der Waals surface area contributed by atoms with Crippen molar-refractivity contribution in [2.75, 3.05) is 25.0 Å². The number of non-ortho nitro benzene ring substituents is 1. The first-order valence-corrected chi connectivity index (χ1v) is 7.98. The van der Waals surface area contributed by atoms with Gasteiger partial charge in [0.1, 0.15) is 0 Å². The third-order valence-corrected chi connectivity index (χ3v) is 4.20. The van der Waals surface area contributed by atoms with Crippen LogP contribution in [0.15, 0.2) is 53.5 Å². The average molecular weight is 324 g/mol. The predicted molar refractivity (Wildman–Crippen MR) is 95.7 cm³/mol. The summed E-state index contributed by atoms with van der Waals surface area (Å²) in [5.41, 5.74) is 3.73. The third-order valence-electron chi connectivity index (χ3n) is 4.20. The molecule has 0 unspecified atom stereocenters. The molecule has 0 spiro atoms. The quantitative estimate of drug-likeness (QED) is 0.406. The van der Waals surface area contributed by atoms with E-state index in [0.717, 1.165) is 37.5 Å². The molecule has 0 saturated carbocycles. The van der Waals surface area contributed by atoms with Crippen molar-refractivity contribution >= 4 is 17.3 Å². The zero-order valence-electron chi connectivity index (χ0n) is 13.6. The number of nitro benzene ring substituents is 1. The lowest BCUT2D eigenvalue weighted by atomic mass is 10.1. The first-order chi connectivity index (χ1) is 11.7. The van der Waals surface area contributed by atoms with E-state index >= 15 is 0 Å². The van der Waals surface area contributed by atoms with Gasteiger partial charge in [-0.2, -0.15) is 0 Å². The summed E-state index contributed by atoms with van der Waals surface area (Å²) in [6, 6.07) is 15.1. The minimum atomic E-state index is -0.380. The Hall–Kier alpha value is -2.89. The fourth-order valence-electron chi connectivity index (χ4n) is 2.96. The van der Waals surface area contributed by atoms with Gasteiger partial charge in [-0.25, -0.2) is 0 Å². The average Bonchev–Trinajstić information content (AvgIpc) is 3.03. The van der Waals surface area contributed by atoms with E-state index < -0.39 is 0 Å². The van der Waals surface area contributed by atoms with Crippen LogP contribution in [0.25, 0.3) is 0 Å². The van der Waals surface area contributed by atoms with Crippen LogP contribution in [-0.2, 0) is 12.8 Å². The van der Waals surface area contributed by atoms with E-state index in [9.17, 15) is 10.1 Å². The highest BCUT2D eigenvalue weighted by atomic mass is 16.6. The molecule has 3 rings (SSSR count). The fourth-order valence-corrected chi connectivity index (χ4v) is 2.96. The smallest absolute Gasteiger partial charge is 0.269 e. The Morgan fingerprint density at radius 2 is 2.00 bits per heavy atom. The van der Waals surface area contributed by atoms with Gasteiger partial charge < -0.3 is 10.2 Å². The van der Waals surface area contributed by atoms with Crippen molar-refractivity contribution in [3.05, 3.63) is 69.8 Å². The first-order valence-electron chi connectivity index (χ1n) is 7.98. The zero-order chi connectivity index (χ0) is 16.9. The van der Waals surface area contributed by atoms with E-state index in [1.165, 1.54) is 11.3 Å². The van der Waals surface area contributed by atoms with Gasteiger partial charge >= 0.3 is 0 Å². The lowest BCUT2D eigenvalue weighted by Gasteiger charge is -2.22. The van der Waals surface area contributed by atoms with Crippen molar-refractivity contribution < 1.29 is 4.92 Å². The molecule has 0 aromatic heterocycles. The van der Waals surface area contributed by atoms with Crippen LogP contribution in [-0.4, -0.2) is 31.0 Å². The molecule has 0 fully saturated rings. The van der Waals surface area contributed by atoms with Gasteiger partial charge in [0, 0.05) is 38.0 Å². The SMILES string of the molecule is CN=C(NCCc1ccc([N+](=O)[O-])cc1)N1CCc2ccccc21. The second kappa shape index (κ2) is 7.12.